The van der Waals surface area contributed by atoms with E-state index in [0.717, 1.165) is 32.7 Å². The molecule has 2 rings (SSSR count). The van der Waals surface area contributed by atoms with Crippen LogP contribution in [0, 0.1) is 6.92 Å². The van der Waals surface area contributed by atoms with Gasteiger partial charge in [-0.05, 0) is 72.9 Å². The molecule has 1 N–H and O–H groups in total. The summed E-state index contributed by atoms with van der Waals surface area (Å²) in [6, 6.07) is 11.4. The lowest BCUT2D eigenvalue weighted by molar-refractivity contribution is -0.123. The van der Waals surface area contributed by atoms with Gasteiger partial charge in [0.2, 0.25) is 0 Å². The molecule has 0 saturated carbocycles. The van der Waals surface area contributed by atoms with Crippen LogP contribution in [0.5, 0.6) is 11.5 Å². The summed E-state index contributed by atoms with van der Waals surface area (Å²) in [6.07, 6.45) is 1.58. The lowest BCUT2D eigenvalue weighted by atomic mass is 10.0. The fourth-order valence-corrected chi connectivity index (χ4v) is 2.78. The van der Waals surface area contributed by atoms with Crippen molar-refractivity contribution in [3.05, 3.63) is 57.6 Å². The van der Waals surface area contributed by atoms with Crippen LogP contribution < -0.4 is 14.9 Å². The first-order valence-corrected chi connectivity index (χ1v) is 9.67. The minimum absolute atomic E-state index is 0.0958. The number of hydrogen-bond acceptors (Lipinski definition) is 4. The molecule has 1 amide bonds. The topological polar surface area (TPSA) is 59.9 Å². The second-order valence-electron chi connectivity index (χ2n) is 6.38. The molecule has 2 aromatic rings. The molecule has 0 spiro atoms. The highest BCUT2D eigenvalue weighted by molar-refractivity contribution is 9.10. The van der Waals surface area contributed by atoms with E-state index < -0.39 is 0 Å². The Morgan fingerprint density at radius 2 is 1.93 bits per heavy atom. The molecule has 0 bridgehead atoms. The van der Waals surface area contributed by atoms with Crippen molar-refractivity contribution in [1.29, 1.82) is 0 Å². The number of hydrazone groups is 1. The number of ether oxygens (including phenoxy) is 2. The van der Waals surface area contributed by atoms with Crippen molar-refractivity contribution < 1.29 is 14.3 Å². The van der Waals surface area contributed by atoms with E-state index in [1.807, 2.05) is 50.2 Å². The predicted octanol–water partition coefficient (Wildman–Crippen LogP) is 4.81. The van der Waals surface area contributed by atoms with Crippen LogP contribution >= 0.6 is 15.9 Å². The van der Waals surface area contributed by atoms with Crippen molar-refractivity contribution in [3.63, 3.8) is 0 Å². The molecule has 6 heteroatoms. The van der Waals surface area contributed by atoms with Crippen LogP contribution in [0.15, 0.2) is 46.0 Å². The zero-order valence-electron chi connectivity index (χ0n) is 16.1. The number of rotatable bonds is 8. The third-order valence-corrected chi connectivity index (χ3v) is 4.72. The zero-order chi connectivity index (χ0) is 19.8. The number of nitrogens with zero attached hydrogens (tertiary/aromatic N) is 1. The van der Waals surface area contributed by atoms with Crippen LogP contribution in [-0.2, 0) is 4.79 Å². The first kappa shape index (κ1) is 21.0. The van der Waals surface area contributed by atoms with E-state index in [2.05, 4.69) is 40.3 Å². The summed E-state index contributed by atoms with van der Waals surface area (Å²) >= 11 is 3.54. The van der Waals surface area contributed by atoms with Crippen LogP contribution in [-0.4, -0.2) is 25.3 Å². The molecule has 5 nitrogen and oxygen atoms in total. The summed E-state index contributed by atoms with van der Waals surface area (Å²) in [5.74, 6) is 1.50. The Bertz CT molecular complexity index is 802. The molecule has 0 radical (unpaired) electrons. The Kier molecular flexibility index (Phi) is 7.85. The van der Waals surface area contributed by atoms with E-state index in [9.17, 15) is 4.79 Å². The smallest absolute Gasteiger partial charge is 0.277 e. The number of amides is 1. The molecule has 0 aliphatic carbocycles. The van der Waals surface area contributed by atoms with Crippen LogP contribution in [0.4, 0.5) is 0 Å². The second-order valence-corrected chi connectivity index (χ2v) is 7.23. The minimum atomic E-state index is -0.313. The summed E-state index contributed by atoms with van der Waals surface area (Å²) in [5, 5.41) is 3.97. The summed E-state index contributed by atoms with van der Waals surface area (Å²) in [6.45, 7) is 8.63. The number of nitrogens with one attached hydrogen (secondary N) is 1. The first-order chi connectivity index (χ1) is 12.9. The Morgan fingerprint density at radius 1 is 1.22 bits per heavy atom. The highest BCUT2D eigenvalue weighted by Gasteiger charge is 2.12. The number of carbonyl (C=O) groups excluding carboxylic acids is 1. The third-order valence-electron chi connectivity index (χ3n) is 3.87. The van der Waals surface area contributed by atoms with Gasteiger partial charge in [-0.1, -0.05) is 29.8 Å². The molecule has 27 heavy (non-hydrogen) atoms. The average molecular weight is 433 g/mol. The molecule has 0 aliphatic rings. The molecule has 0 atom stereocenters. The number of aryl methyl sites for hydroxylation is 1. The Morgan fingerprint density at radius 3 is 2.56 bits per heavy atom. The highest BCUT2D eigenvalue weighted by atomic mass is 79.9. The van der Waals surface area contributed by atoms with Gasteiger partial charge in [-0.2, -0.15) is 5.10 Å². The van der Waals surface area contributed by atoms with Gasteiger partial charge >= 0.3 is 0 Å². The van der Waals surface area contributed by atoms with Gasteiger partial charge in [0.05, 0.1) is 12.8 Å². The van der Waals surface area contributed by atoms with Gasteiger partial charge in [0.1, 0.15) is 11.5 Å². The van der Waals surface area contributed by atoms with Crippen molar-refractivity contribution in [3.8, 4) is 11.5 Å². The third kappa shape index (κ3) is 6.40. The SMILES string of the molecule is CCOc1ccc(/C=N/NC(=O)COc2cc(C)c(Br)cc2C(C)C)cc1. The minimum Gasteiger partial charge on any atom is -0.494 e. The lowest BCUT2D eigenvalue weighted by Crippen LogP contribution is -2.25. The maximum absolute atomic E-state index is 12.0. The second kappa shape index (κ2) is 10.1. The van der Waals surface area contributed by atoms with Crippen LogP contribution in [0.25, 0.3) is 0 Å². The van der Waals surface area contributed by atoms with E-state index in [1.165, 1.54) is 0 Å². The standard InChI is InChI=1S/C21H25BrN2O3/c1-5-26-17-8-6-16(7-9-17)12-23-24-21(25)13-27-20-10-15(4)19(22)11-18(20)14(2)3/h6-12,14H,5,13H2,1-4H3,(H,24,25)/b23-12+. The van der Waals surface area contributed by atoms with Gasteiger partial charge in [0.25, 0.3) is 5.91 Å². The Labute approximate surface area is 168 Å². The maximum Gasteiger partial charge on any atom is 0.277 e. The van der Waals surface area contributed by atoms with E-state index in [4.69, 9.17) is 9.47 Å². The fourth-order valence-electron chi connectivity index (χ4n) is 2.42. The molecule has 0 fully saturated rings. The predicted molar refractivity (Wildman–Crippen MR) is 112 cm³/mol. The summed E-state index contributed by atoms with van der Waals surface area (Å²) in [7, 11) is 0. The maximum atomic E-state index is 12.0. The molecular formula is C21H25BrN2O3. The molecule has 0 saturated heterocycles. The van der Waals surface area contributed by atoms with E-state index >= 15 is 0 Å². The molecule has 0 aliphatic heterocycles. The normalized spacial score (nSPS) is 11.0. The van der Waals surface area contributed by atoms with Crippen molar-refractivity contribution in [2.24, 2.45) is 5.10 Å². The number of hydrogen-bond donors (Lipinski definition) is 1. The number of benzene rings is 2. The molecule has 2 aromatic carbocycles. The number of halogens is 1. The molecule has 0 aromatic heterocycles. The lowest BCUT2D eigenvalue weighted by Gasteiger charge is -2.15. The van der Waals surface area contributed by atoms with Gasteiger partial charge in [-0.3, -0.25) is 4.79 Å². The van der Waals surface area contributed by atoms with Crippen LogP contribution in [0.1, 0.15) is 43.4 Å². The van der Waals surface area contributed by atoms with Crippen LogP contribution in [0.3, 0.4) is 0 Å². The molecule has 0 heterocycles. The summed E-state index contributed by atoms with van der Waals surface area (Å²) in [5.41, 5.74) is 5.46. The van der Waals surface area contributed by atoms with E-state index in [1.54, 1.807) is 6.21 Å². The summed E-state index contributed by atoms with van der Waals surface area (Å²) < 4.78 is 12.1. The largest absolute Gasteiger partial charge is 0.494 e. The highest BCUT2D eigenvalue weighted by Crippen LogP contribution is 2.32. The fraction of sp³-hybridized carbons (Fsp3) is 0.333. The van der Waals surface area contributed by atoms with Crippen LogP contribution in [0.2, 0.25) is 0 Å². The van der Waals surface area contributed by atoms with Gasteiger partial charge < -0.3 is 9.47 Å². The molecule has 0 unspecified atom stereocenters. The molecular weight excluding hydrogens is 408 g/mol. The van der Waals surface area contributed by atoms with Gasteiger partial charge in [-0.25, -0.2) is 5.43 Å². The summed E-state index contributed by atoms with van der Waals surface area (Å²) in [4.78, 5) is 12.0. The van der Waals surface area contributed by atoms with E-state index in [-0.39, 0.29) is 18.4 Å². The van der Waals surface area contributed by atoms with Gasteiger partial charge in [0, 0.05) is 4.47 Å². The van der Waals surface area contributed by atoms with Crippen molar-refractivity contribution in [1.82, 2.24) is 5.43 Å². The Balaban J connectivity index is 1.90. The van der Waals surface area contributed by atoms with Crippen molar-refractivity contribution >= 4 is 28.1 Å². The Hall–Kier alpha value is -2.34. The quantitative estimate of drug-likeness (QED) is 0.480. The van der Waals surface area contributed by atoms with E-state index in [0.29, 0.717) is 6.61 Å². The van der Waals surface area contributed by atoms with Gasteiger partial charge in [-0.15, -0.1) is 0 Å². The first-order valence-electron chi connectivity index (χ1n) is 8.88. The average Bonchev–Trinajstić information content (AvgIpc) is 2.64. The van der Waals surface area contributed by atoms with Gasteiger partial charge in [0.15, 0.2) is 6.61 Å². The van der Waals surface area contributed by atoms with Crippen molar-refractivity contribution in [2.45, 2.75) is 33.6 Å². The molecule has 144 valence electrons. The van der Waals surface area contributed by atoms with Crippen molar-refractivity contribution in [2.75, 3.05) is 13.2 Å². The number of carbonyl (C=O) groups is 1. The zero-order valence-corrected chi connectivity index (χ0v) is 17.7. The monoisotopic (exact) mass is 432 g/mol.